The molecule has 0 aromatic heterocycles. The number of carbonyl (C=O) groups is 1. The minimum Gasteiger partial charge on any atom is -0.326 e. The van der Waals surface area contributed by atoms with Crippen LogP contribution in [0.15, 0.2) is 36.4 Å². The van der Waals surface area contributed by atoms with E-state index < -0.39 is 0 Å². The number of amides is 1. The smallest absolute Gasteiger partial charge is 0.279 e. The summed E-state index contributed by atoms with van der Waals surface area (Å²) in [7, 11) is 1.89. The molecule has 2 aromatic carbocycles. The van der Waals surface area contributed by atoms with Gasteiger partial charge in [0, 0.05) is 5.56 Å². The van der Waals surface area contributed by atoms with Crippen molar-refractivity contribution in [3.05, 3.63) is 63.4 Å². The average Bonchev–Trinajstić information content (AvgIpc) is 2.50. The molecule has 0 aliphatic heterocycles. The van der Waals surface area contributed by atoms with Gasteiger partial charge in [-0.15, -0.1) is 0 Å². The van der Waals surface area contributed by atoms with E-state index in [2.05, 4.69) is 5.32 Å². The summed E-state index contributed by atoms with van der Waals surface area (Å²) in [6.45, 7) is 2.71. The van der Waals surface area contributed by atoms with E-state index in [9.17, 15) is 9.18 Å². The molecule has 0 aliphatic carbocycles. The number of quaternary nitrogens is 1. The Balaban J connectivity index is 1.97. The fourth-order valence-corrected chi connectivity index (χ4v) is 2.71. The molecule has 0 spiro atoms. The Morgan fingerprint density at radius 3 is 2.48 bits per heavy atom. The maximum absolute atomic E-state index is 12.9. The summed E-state index contributed by atoms with van der Waals surface area (Å²) in [4.78, 5) is 13.1. The van der Waals surface area contributed by atoms with Crippen LogP contribution in [0, 0.1) is 12.7 Å². The Morgan fingerprint density at radius 1 is 1.17 bits per heavy atom. The highest BCUT2D eigenvalue weighted by Crippen LogP contribution is 2.32. The van der Waals surface area contributed by atoms with Gasteiger partial charge in [-0.1, -0.05) is 41.4 Å². The summed E-state index contributed by atoms with van der Waals surface area (Å²) in [5.74, 6) is -0.452. The molecule has 0 fully saturated rings. The van der Waals surface area contributed by atoms with E-state index >= 15 is 0 Å². The summed E-state index contributed by atoms with van der Waals surface area (Å²) in [5.41, 5.74) is 2.25. The van der Waals surface area contributed by atoms with E-state index in [0.29, 0.717) is 22.3 Å². The van der Waals surface area contributed by atoms with Gasteiger partial charge in [0.15, 0.2) is 6.54 Å². The Morgan fingerprint density at radius 2 is 1.83 bits per heavy atom. The Labute approximate surface area is 145 Å². The van der Waals surface area contributed by atoms with Crippen LogP contribution < -0.4 is 10.2 Å². The van der Waals surface area contributed by atoms with Gasteiger partial charge in [-0.25, -0.2) is 4.39 Å². The molecule has 0 saturated heterocycles. The molecule has 0 saturated carbocycles. The fourth-order valence-electron chi connectivity index (χ4n) is 2.24. The molecule has 1 unspecified atom stereocenters. The SMILES string of the molecule is Cc1ccc(Cl)c(NC(=O)C[NH+](C)Cc2ccc(F)cc2)c1Cl. The zero-order valence-corrected chi connectivity index (χ0v) is 14.4. The Kier molecular flexibility index (Phi) is 5.99. The number of rotatable bonds is 5. The lowest BCUT2D eigenvalue weighted by atomic mass is 10.2. The Bertz CT molecular complexity index is 704. The van der Waals surface area contributed by atoms with Crippen molar-refractivity contribution in [1.82, 2.24) is 0 Å². The predicted octanol–water partition coefficient (Wildman–Crippen LogP) is 3.09. The van der Waals surface area contributed by atoms with Crippen LogP contribution >= 0.6 is 23.2 Å². The number of likely N-dealkylation sites (N-methyl/N-ethyl adjacent to an activating group) is 1. The summed E-state index contributed by atoms with van der Waals surface area (Å²) in [6.07, 6.45) is 0. The second-order valence-corrected chi connectivity index (χ2v) is 6.32. The summed E-state index contributed by atoms with van der Waals surface area (Å²) < 4.78 is 12.9. The van der Waals surface area contributed by atoms with Crippen molar-refractivity contribution in [2.45, 2.75) is 13.5 Å². The lowest BCUT2D eigenvalue weighted by Gasteiger charge is -2.15. The molecule has 0 heterocycles. The largest absolute Gasteiger partial charge is 0.326 e. The molecule has 6 heteroatoms. The van der Waals surface area contributed by atoms with E-state index in [4.69, 9.17) is 23.2 Å². The van der Waals surface area contributed by atoms with Crippen molar-refractivity contribution >= 4 is 34.8 Å². The first-order valence-electron chi connectivity index (χ1n) is 7.17. The number of aryl methyl sites for hydroxylation is 1. The van der Waals surface area contributed by atoms with Crippen LogP contribution in [0.5, 0.6) is 0 Å². The first-order valence-corrected chi connectivity index (χ1v) is 7.92. The maximum Gasteiger partial charge on any atom is 0.279 e. The van der Waals surface area contributed by atoms with Crippen molar-refractivity contribution in [3.63, 3.8) is 0 Å². The third-order valence-corrected chi connectivity index (χ3v) is 4.23. The predicted molar refractivity (Wildman–Crippen MR) is 91.7 cm³/mol. The third-order valence-electron chi connectivity index (χ3n) is 3.43. The van der Waals surface area contributed by atoms with Gasteiger partial charge < -0.3 is 10.2 Å². The molecular weight excluding hydrogens is 338 g/mol. The first-order chi connectivity index (χ1) is 10.9. The van der Waals surface area contributed by atoms with Gasteiger partial charge in [-0.3, -0.25) is 4.79 Å². The van der Waals surface area contributed by atoms with E-state index in [1.165, 1.54) is 12.1 Å². The van der Waals surface area contributed by atoms with Crippen LogP contribution in [-0.2, 0) is 11.3 Å². The second kappa shape index (κ2) is 7.77. The molecule has 0 bridgehead atoms. The van der Waals surface area contributed by atoms with Crippen LogP contribution in [0.25, 0.3) is 0 Å². The van der Waals surface area contributed by atoms with Crippen LogP contribution in [0.1, 0.15) is 11.1 Å². The molecule has 2 rings (SSSR count). The molecule has 1 atom stereocenters. The molecule has 3 nitrogen and oxygen atoms in total. The normalized spacial score (nSPS) is 12.0. The lowest BCUT2D eigenvalue weighted by molar-refractivity contribution is -0.885. The van der Waals surface area contributed by atoms with Gasteiger partial charge in [0.05, 0.1) is 22.8 Å². The zero-order chi connectivity index (χ0) is 17.0. The number of anilines is 1. The second-order valence-electron chi connectivity index (χ2n) is 5.54. The van der Waals surface area contributed by atoms with E-state index in [1.807, 2.05) is 14.0 Å². The quantitative estimate of drug-likeness (QED) is 0.848. The number of carbonyl (C=O) groups excluding carboxylic acids is 1. The Hall–Kier alpha value is -1.62. The maximum atomic E-state index is 12.9. The van der Waals surface area contributed by atoms with Gasteiger partial charge in [0.25, 0.3) is 5.91 Å². The monoisotopic (exact) mass is 355 g/mol. The fraction of sp³-hybridized carbons (Fsp3) is 0.235. The molecule has 0 radical (unpaired) electrons. The van der Waals surface area contributed by atoms with Crippen molar-refractivity contribution < 1.29 is 14.1 Å². The van der Waals surface area contributed by atoms with E-state index in [1.54, 1.807) is 24.3 Å². The highest BCUT2D eigenvalue weighted by molar-refractivity contribution is 6.40. The molecular formula is C17H18Cl2FN2O+. The van der Waals surface area contributed by atoms with E-state index in [0.717, 1.165) is 16.0 Å². The molecule has 122 valence electrons. The highest BCUT2D eigenvalue weighted by Gasteiger charge is 2.15. The van der Waals surface area contributed by atoms with Crippen molar-refractivity contribution in [2.24, 2.45) is 0 Å². The summed E-state index contributed by atoms with van der Waals surface area (Å²) in [6, 6.07) is 9.75. The standard InChI is InChI=1S/C17H17Cl2FN2O/c1-11-3-8-14(18)17(16(11)19)21-15(23)10-22(2)9-12-4-6-13(20)7-5-12/h3-8H,9-10H2,1-2H3,(H,21,23)/p+1. The molecule has 2 aromatic rings. The van der Waals surface area contributed by atoms with Gasteiger partial charge in [0.2, 0.25) is 0 Å². The lowest BCUT2D eigenvalue weighted by Crippen LogP contribution is -3.08. The van der Waals surface area contributed by atoms with Gasteiger partial charge in [-0.2, -0.15) is 0 Å². The minimum absolute atomic E-state index is 0.181. The van der Waals surface area contributed by atoms with Crippen LogP contribution in [0.3, 0.4) is 0 Å². The number of benzene rings is 2. The van der Waals surface area contributed by atoms with Crippen LogP contribution in [-0.4, -0.2) is 19.5 Å². The minimum atomic E-state index is -0.270. The van der Waals surface area contributed by atoms with Crippen LogP contribution in [0.2, 0.25) is 10.0 Å². The molecule has 23 heavy (non-hydrogen) atoms. The number of hydrogen-bond donors (Lipinski definition) is 2. The molecule has 0 aliphatic rings. The zero-order valence-electron chi connectivity index (χ0n) is 12.9. The van der Waals surface area contributed by atoms with E-state index in [-0.39, 0.29) is 18.3 Å². The summed E-state index contributed by atoms with van der Waals surface area (Å²) in [5, 5.41) is 3.62. The molecule has 1 amide bonds. The van der Waals surface area contributed by atoms with Crippen LogP contribution in [0.4, 0.5) is 10.1 Å². The van der Waals surface area contributed by atoms with Crippen molar-refractivity contribution in [3.8, 4) is 0 Å². The average molecular weight is 356 g/mol. The van der Waals surface area contributed by atoms with Gasteiger partial charge >= 0.3 is 0 Å². The highest BCUT2D eigenvalue weighted by atomic mass is 35.5. The number of nitrogens with one attached hydrogen (secondary N) is 2. The van der Waals surface area contributed by atoms with Crippen molar-refractivity contribution in [1.29, 1.82) is 0 Å². The van der Waals surface area contributed by atoms with Crippen molar-refractivity contribution in [2.75, 3.05) is 18.9 Å². The van der Waals surface area contributed by atoms with Gasteiger partial charge in [0.1, 0.15) is 12.4 Å². The number of hydrogen-bond acceptors (Lipinski definition) is 1. The summed E-state index contributed by atoms with van der Waals surface area (Å²) >= 11 is 12.3. The topological polar surface area (TPSA) is 33.5 Å². The molecule has 2 N–H and O–H groups in total. The third kappa shape index (κ3) is 4.93. The van der Waals surface area contributed by atoms with Gasteiger partial charge in [-0.05, 0) is 30.7 Å². The first kappa shape index (κ1) is 17.7. The number of halogens is 3.